The third kappa shape index (κ3) is 4.49. The summed E-state index contributed by atoms with van der Waals surface area (Å²) < 4.78 is 0. The van der Waals surface area contributed by atoms with E-state index < -0.39 is 0 Å². The zero-order chi connectivity index (χ0) is 7.11. The number of allylic oxidation sites excluding steroid dienone is 4. The summed E-state index contributed by atoms with van der Waals surface area (Å²) in [5, 5.41) is 8.00. The molecule has 0 N–H and O–H groups in total. The lowest BCUT2D eigenvalue weighted by molar-refractivity contribution is -0.104. The van der Waals surface area contributed by atoms with Crippen LogP contribution in [-0.2, 0) is 4.79 Å². The number of nitriles is 1. The first-order chi connectivity index (χ1) is 4.31. The van der Waals surface area contributed by atoms with Gasteiger partial charge >= 0.3 is 0 Å². The van der Waals surface area contributed by atoms with E-state index in [1.807, 2.05) is 0 Å². The van der Waals surface area contributed by atoms with Gasteiger partial charge in [0.1, 0.15) is 6.29 Å². The molecule has 0 aliphatic heterocycles. The number of hydrogen-bond acceptors (Lipinski definition) is 2. The number of carbonyl (C=O) groups excluding carboxylic acids is 1. The molecule has 0 radical (unpaired) electrons. The van der Waals surface area contributed by atoms with E-state index >= 15 is 0 Å². The number of nitrogens with zero attached hydrogens (tertiary/aromatic N) is 1. The predicted molar refractivity (Wildman–Crippen MR) is 34.6 cm³/mol. The first kappa shape index (κ1) is 7.64. The molecule has 0 spiro atoms. The van der Waals surface area contributed by atoms with Gasteiger partial charge in [0.05, 0.1) is 6.07 Å². The van der Waals surface area contributed by atoms with Crippen LogP contribution in [0.25, 0.3) is 0 Å². The molecule has 0 fully saturated rings. The summed E-state index contributed by atoms with van der Waals surface area (Å²) in [7, 11) is 0. The van der Waals surface area contributed by atoms with Crippen LogP contribution in [0.15, 0.2) is 23.8 Å². The maximum Gasteiger partial charge on any atom is 0.145 e. The average Bonchev–Trinajstić information content (AvgIpc) is 1.89. The van der Waals surface area contributed by atoms with Gasteiger partial charge in [-0.05, 0) is 12.5 Å². The van der Waals surface area contributed by atoms with Crippen molar-refractivity contribution >= 4 is 6.29 Å². The maximum absolute atomic E-state index is 9.91. The molecule has 0 amide bonds. The zero-order valence-corrected chi connectivity index (χ0v) is 5.16. The van der Waals surface area contributed by atoms with Gasteiger partial charge in [-0.25, -0.2) is 0 Å². The first-order valence-electron chi connectivity index (χ1n) is 2.49. The molecular formula is C7H7NO. The normalized spacial score (nSPS) is 11.3. The molecule has 0 unspecified atom stereocenters. The Hall–Kier alpha value is -1.36. The van der Waals surface area contributed by atoms with Gasteiger partial charge in [0, 0.05) is 6.08 Å². The highest BCUT2D eigenvalue weighted by molar-refractivity contribution is 5.72. The van der Waals surface area contributed by atoms with Gasteiger partial charge in [0.15, 0.2) is 0 Å². The molecule has 0 aliphatic carbocycles. The van der Waals surface area contributed by atoms with Crippen LogP contribution in [-0.4, -0.2) is 6.29 Å². The molecule has 2 nitrogen and oxygen atoms in total. The molecule has 46 valence electrons. The summed E-state index contributed by atoms with van der Waals surface area (Å²) in [6, 6.07) is 1.81. The molecule has 0 bridgehead atoms. The van der Waals surface area contributed by atoms with Crippen molar-refractivity contribution < 1.29 is 4.79 Å². The summed E-state index contributed by atoms with van der Waals surface area (Å²) in [5.74, 6) is 0. The van der Waals surface area contributed by atoms with Crippen LogP contribution < -0.4 is 0 Å². The molecule has 0 aromatic heterocycles. The van der Waals surface area contributed by atoms with E-state index in [1.165, 1.54) is 12.2 Å². The van der Waals surface area contributed by atoms with Gasteiger partial charge in [0.2, 0.25) is 0 Å². The van der Waals surface area contributed by atoms with Gasteiger partial charge in [-0.1, -0.05) is 12.2 Å². The number of hydrogen-bond donors (Lipinski definition) is 0. The topological polar surface area (TPSA) is 40.9 Å². The maximum atomic E-state index is 9.91. The Balaban J connectivity index is 3.86. The van der Waals surface area contributed by atoms with Crippen LogP contribution >= 0.6 is 0 Å². The standard InChI is InChI=1S/C7H7NO/c1-7(6-9)4-2-3-5-8/h2-4,6H,1H3/b3-2+,7-4-. The van der Waals surface area contributed by atoms with Crippen LogP contribution in [0.4, 0.5) is 0 Å². The Bertz CT molecular complexity index is 184. The highest BCUT2D eigenvalue weighted by Gasteiger charge is 1.76. The van der Waals surface area contributed by atoms with E-state index in [1.54, 1.807) is 19.1 Å². The number of rotatable bonds is 2. The quantitative estimate of drug-likeness (QED) is 0.238. The molecule has 0 saturated heterocycles. The Morgan fingerprint density at radius 1 is 1.67 bits per heavy atom. The van der Waals surface area contributed by atoms with Crippen LogP contribution in [0.3, 0.4) is 0 Å². The molecule has 2 heteroatoms. The van der Waals surface area contributed by atoms with Crippen molar-refractivity contribution in [3.05, 3.63) is 23.8 Å². The van der Waals surface area contributed by atoms with Crippen molar-refractivity contribution in [1.82, 2.24) is 0 Å². The van der Waals surface area contributed by atoms with Gasteiger partial charge in [0.25, 0.3) is 0 Å². The molecule has 0 aromatic rings. The van der Waals surface area contributed by atoms with Gasteiger partial charge in [-0.15, -0.1) is 0 Å². The summed E-state index contributed by atoms with van der Waals surface area (Å²) in [4.78, 5) is 9.91. The van der Waals surface area contributed by atoms with Crippen molar-refractivity contribution in [2.75, 3.05) is 0 Å². The van der Waals surface area contributed by atoms with Crippen molar-refractivity contribution in [2.45, 2.75) is 6.92 Å². The monoisotopic (exact) mass is 121 g/mol. The summed E-state index contributed by atoms with van der Waals surface area (Å²) in [5.41, 5.74) is 0.612. The fraction of sp³-hybridized carbons (Fsp3) is 0.143. The van der Waals surface area contributed by atoms with E-state index in [2.05, 4.69) is 0 Å². The van der Waals surface area contributed by atoms with Crippen molar-refractivity contribution in [1.29, 1.82) is 5.26 Å². The van der Waals surface area contributed by atoms with Crippen molar-refractivity contribution in [2.24, 2.45) is 0 Å². The summed E-state index contributed by atoms with van der Waals surface area (Å²) >= 11 is 0. The van der Waals surface area contributed by atoms with E-state index in [9.17, 15) is 4.79 Å². The van der Waals surface area contributed by atoms with E-state index in [0.717, 1.165) is 6.29 Å². The molecule has 0 rings (SSSR count). The lowest BCUT2D eigenvalue weighted by Gasteiger charge is -1.76. The van der Waals surface area contributed by atoms with E-state index in [4.69, 9.17) is 5.26 Å². The Kier molecular flexibility index (Phi) is 4.07. The van der Waals surface area contributed by atoms with Crippen LogP contribution in [0.5, 0.6) is 0 Å². The fourth-order valence-corrected chi connectivity index (χ4v) is 0.282. The molecule has 0 aliphatic rings. The highest BCUT2D eigenvalue weighted by atomic mass is 16.1. The molecule has 9 heavy (non-hydrogen) atoms. The fourth-order valence-electron chi connectivity index (χ4n) is 0.282. The second-order valence-electron chi connectivity index (χ2n) is 1.52. The largest absolute Gasteiger partial charge is 0.298 e. The van der Waals surface area contributed by atoms with Gasteiger partial charge < -0.3 is 0 Å². The molecule has 0 aromatic carbocycles. The van der Waals surface area contributed by atoms with Crippen LogP contribution in [0.1, 0.15) is 6.92 Å². The Morgan fingerprint density at radius 2 is 2.33 bits per heavy atom. The lowest BCUT2D eigenvalue weighted by atomic mass is 10.3. The van der Waals surface area contributed by atoms with Crippen molar-refractivity contribution in [3.8, 4) is 6.07 Å². The Labute approximate surface area is 54.1 Å². The van der Waals surface area contributed by atoms with Crippen molar-refractivity contribution in [3.63, 3.8) is 0 Å². The lowest BCUT2D eigenvalue weighted by Crippen LogP contribution is -1.71. The number of aldehydes is 1. The minimum atomic E-state index is 0.612. The third-order valence-electron chi connectivity index (χ3n) is 0.716. The average molecular weight is 121 g/mol. The minimum Gasteiger partial charge on any atom is -0.298 e. The minimum absolute atomic E-state index is 0.612. The molecular weight excluding hydrogens is 114 g/mol. The first-order valence-corrected chi connectivity index (χ1v) is 2.49. The third-order valence-corrected chi connectivity index (χ3v) is 0.716. The molecule has 0 heterocycles. The second-order valence-corrected chi connectivity index (χ2v) is 1.52. The Morgan fingerprint density at radius 3 is 2.78 bits per heavy atom. The smallest absolute Gasteiger partial charge is 0.145 e. The highest BCUT2D eigenvalue weighted by Crippen LogP contribution is 1.85. The number of carbonyl (C=O) groups is 1. The van der Waals surface area contributed by atoms with Crippen LogP contribution in [0.2, 0.25) is 0 Å². The molecule has 0 atom stereocenters. The second kappa shape index (κ2) is 4.79. The van der Waals surface area contributed by atoms with Gasteiger partial charge in [-0.3, -0.25) is 4.79 Å². The summed E-state index contributed by atoms with van der Waals surface area (Å²) in [6.45, 7) is 1.68. The van der Waals surface area contributed by atoms with E-state index in [-0.39, 0.29) is 0 Å². The predicted octanol–water partition coefficient (Wildman–Crippen LogP) is 1.21. The van der Waals surface area contributed by atoms with Crippen LogP contribution in [0, 0.1) is 11.3 Å². The molecule has 0 saturated carbocycles. The summed E-state index contributed by atoms with van der Waals surface area (Å²) in [6.07, 6.45) is 5.16. The van der Waals surface area contributed by atoms with Gasteiger partial charge in [-0.2, -0.15) is 5.26 Å². The zero-order valence-electron chi connectivity index (χ0n) is 5.16. The van der Waals surface area contributed by atoms with E-state index in [0.29, 0.717) is 5.57 Å². The SMILES string of the molecule is C/C(C=O)=C/C=C/C#N.